The minimum absolute atomic E-state index is 0.148. The van der Waals surface area contributed by atoms with E-state index in [1.807, 2.05) is 0 Å². The molecular formula is C17H23BrFN. The zero-order chi connectivity index (χ0) is 14.1. The monoisotopic (exact) mass is 339 g/mol. The van der Waals surface area contributed by atoms with Crippen LogP contribution in [0.2, 0.25) is 0 Å². The minimum Gasteiger partial charge on any atom is -0.310 e. The first kappa shape index (κ1) is 14.5. The van der Waals surface area contributed by atoms with Crippen molar-refractivity contribution in [3.8, 4) is 0 Å². The van der Waals surface area contributed by atoms with Gasteiger partial charge in [-0.05, 0) is 73.7 Å². The number of hydrogen-bond donors (Lipinski definition) is 1. The summed E-state index contributed by atoms with van der Waals surface area (Å²) in [6, 6.07) is 5.57. The summed E-state index contributed by atoms with van der Waals surface area (Å²) < 4.78 is 14.5. The summed E-state index contributed by atoms with van der Waals surface area (Å²) in [4.78, 5) is 0. The van der Waals surface area contributed by atoms with Crippen LogP contribution in [0.1, 0.15) is 50.6 Å². The van der Waals surface area contributed by atoms with Gasteiger partial charge in [0.1, 0.15) is 5.82 Å². The smallest absolute Gasteiger partial charge is 0.124 e. The Hall–Kier alpha value is -0.410. The molecule has 1 N–H and O–H groups in total. The third-order valence-corrected chi connectivity index (χ3v) is 5.62. The van der Waals surface area contributed by atoms with Crippen molar-refractivity contribution in [1.29, 1.82) is 0 Å². The van der Waals surface area contributed by atoms with Crippen LogP contribution in [0.5, 0.6) is 0 Å². The summed E-state index contributed by atoms with van der Waals surface area (Å²) in [5.41, 5.74) is 1.08. The highest BCUT2D eigenvalue weighted by Crippen LogP contribution is 2.51. The van der Waals surface area contributed by atoms with Crippen molar-refractivity contribution in [3.63, 3.8) is 0 Å². The lowest BCUT2D eigenvalue weighted by Crippen LogP contribution is -2.25. The van der Waals surface area contributed by atoms with E-state index >= 15 is 0 Å². The van der Waals surface area contributed by atoms with Gasteiger partial charge in [-0.15, -0.1) is 0 Å². The van der Waals surface area contributed by atoms with E-state index in [-0.39, 0.29) is 11.9 Å². The molecule has 2 aliphatic carbocycles. The van der Waals surface area contributed by atoms with E-state index in [4.69, 9.17) is 0 Å². The molecule has 1 aromatic rings. The number of benzene rings is 1. The number of rotatable bonds is 5. The fraction of sp³-hybridized carbons (Fsp3) is 0.647. The highest BCUT2D eigenvalue weighted by molar-refractivity contribution is 9.10. The molecule has 110 valence electrons. The molecule has 0 spiro atoms. The van der Waals surface area contributed by atoms with Crippen molar-refractivity contribution < 1.29 is 4.39 Å². The summed E-state index contributed by atoms with van der Waals surface area (Å²) >= 11 is 3.41. The molecule has 2 fully saturated rings. The number of halogens is 2. The van der Waals surface area contributed by atoms with Crippen LogP contribution in [-0.4, -0.2) is 6.54 Å². The van der Waals surface area contributed by atoms with Gasteiger partial charge in [-0.2, -0.15) is 0 Å². The van der Waals surface area contributed by atoms with Gasteiger partial charge in [0.05, 0.1) is 0 Å². The molecule has 2 aliphatic rings. The van der Waals surface area contributed by atoms with Gasteiger partial charge in [0.25, 0.3) is 0 Å². The Kier molecular flexibility index (Phi) is 4.46. The van der Waals surface area contributed by atoms with Crippen molar-refractivity contribution >= 4 is 15.9 Å². The zero-order valence-corrected chi connectivity index (χ0v) is 13.6. The van der Waals surface area contributed by atoms with Crippen LogP contribution in [0.3, 0.4) is 0 Å². The number of nitrogens with one attached hydrogen (secondary N) is 1. The Labute approximate surface area is 129 Å². The Morgan fingerprint density at radius 2 is 2.15 bits per heavy atom. The SMILES string of the molecule is CCNC(CC1CC2CCC1C2)c1cc(F)cc(Br)c1. The van der Waals surface area contributed by atoms with Gasteiger partial charge in [0.2, 0.25) is 0 Å². The highest BCUT2D eigenvalue weighted by atomic mass is 79.9. The fourth-order valence-corrected chi connectivity index (χ4v) is 4.81. The first-order chi connectivity index (χ1) is 9.65. The zero-order valence-electron chi connectivity index (χ0n) is 12.0. The third kappa shape index (κ3) is 3.09. The molecule has 0 heterocycles. The topological polar surface area (TPSA) is 12.0 Å². The van der Waals surface area contributed by atoms with Crippen LogP contribution in [0.15, 0.2) is 22.7 Å². The van der Waals surface area contributed by atoms with Crippen LogP contribution < -0.4 is 5.32 Å². The standard InChI is InChI=1S/C17H23BrFN/c1-2-20-17(14-7-15(18)10-16(19)8-14)9-13-6-11-3-4-12(13)5-11/h7-8,10-13,17,20H,2-6,9H2,1H3. The summed E-state index contributed by atoms with van der Waals surface area (Å²) in [6.45, 7) is 3.06. The molecule has 3 rings (SSSR count). The maximum atomic E-state index is 13.6. The predicted octanol–water partition coefficient (Wildman–Crippen LogP) is 5.07. The van der Waals surface area contributed by atoms with Crippen LogP contribution in [-0.2, 0) is 0 Å². The van der Waals surface area contributed by atoms with Gasteiger partial charge < -0.3 is 5.32 Å². The molecule has 2 bridgehead atoms. The fourth-order valence-electron chi connectivity index (χ4n) is 4.33. The van der Waals surface area contributed by atoms with E-state index in [1.165, 1.54) is 31.7 Å². The van der Waals surface area contributed by atoms with E-state index in [9.17, 15) is 4.39 Å². The first-order valence-electron chi connectivity index (χ1n) is 7.85. The van der Waals surface area contributed by atoms with Crippen LogP contribution in [0, 0.1) is 23.6 Å². The van der Waals surface area contributed by atoms with Crippen molar-refractivity contribution in [1.82, 2.24) is 5.32 Å². The second-order valence-corrected chi connectivity index (χ2v) is 7.40. The lowest BCUT2D eigenvalue weighted by Gasteiger charge is -2.27. The van der Waals surface area contributed by atoms with Gasteiger partial charge in [-0.25, -0.2) is 4.39 Å². The van der Waals surface area contributed by atoms with Crippen LogP contribution in [0.4, 0.5) is 4.39 Å². The molecule has 20 heavy (non-hydrogen) atoms. The molecule has 1 aromatic carbocycles. The predicted molar refractivity (Wildman–Crippen MR) is 84.1 cm³/mol. The van der Waals surface area contributed by atoms with Crippen molar-refractivity contribution in [2.45, 2.75) is 45.1 Å². The maximum absolute atomic E-state index is 13.6. The molecular weight excluding hydrogens is 317 g/mol. The van der Waals surface area contributed by atoms with E-state index in [0.717, 1.165) is 40.8 Å². The normalized spacial score (nSPS) is 29.9. The van der Waals surface area contributed by atoms with Gasteiger partial charge in [0, 0.05) is 10.5 Å². The molecule has 1 nitrogen and oxygen atoms in total. The maximum Gasteiger partial charge on any atom is 0.124 e. The molecule has 0 aliphatic heterocycles. The molecule has 2 saturated carbocycles. The Morgan fingerprint density at radius 1 is 1.30 bits per heavy atom. The first-order valence-corrected chi connectivity index (χ1v) is 8.64. The minimum atomic E-state index is -0.148. The van der Waals surface area contributed by atoms with Crippen molar-refractivity contribution in [2.24, 2.45) is 17.8 Å². The van der Waals surface area contributed by atoms with Gasteiger partial charge in [-0.3, -0.25) is 0 Å². The Bertz CT molecular complexity index is 456. The summed E-state index contributed by atoms with van der Waals surface area (Å²) in [5.74, 6) is 2.59. The summed E-state index contributed by atoms with van der Waals surface area (Å²) in [5, 5.41) is 3.55. The number of hydrogen-bond acceptors (Lipinski definition) is 1. The molecule has 0 radical (unpaired) electrons. The summed E-state index contributed by atoms with van der Waals surface area (Å²) in [7, 11) is 0. The number of fused-ring (bicyclic) bond motifs is 2. The quantitative estimate of drug-likeness (QED) is 0.789. The average Bonchev–Trinajstić information content (AvgIpc) is 2.99. The van der Waals surface area contributed by atoms with E-state index < -0.39 is 0 Å². The Balaban J connectivity index is 1.74. The van der Waals surface area contributed by atoms with Crippen LogP contribution in [0.25, 0.3) is 0 Å². The van der Waals surface area contributed by atoms with Crippen molar-refractivity contribution in [3.05, 3.63) is 34.1 Å². The molecule has 3 heteroatoms. The van der Waals surface area contributed by atoms with Gasteiger partial charge in [-0.1, -0.05) is 29.3 Å². The largest absolute Gasteiger partial charge is 0.310 e. The molecule has 4 unspecified atom stereocenters. The molecule has 0 amide bonds. The lowest BCUT2D eigenvalue weighted by atomic mass is 9.82. The lowest BCUT2D eigenvalue weighted by molar-refractivity contribution is 0.280. The summed E-state index contributed by atoms with van der Waals surface area (Å²) in [6.07, 6.45) is 6.85. The molecule has 0 saturated heterocycles. The second kappa shape index (κ2) is 6.15. The average molecular weight is 340 g/mol. The van der Waals surface area contributed by atoms with E-state index in [0.29, 0.717) is 0 Å². The second-order valence-electron chi connectivity index (χ2n) is 6.48. The molecule has 4 atom stereocenters. The third-order valence-electron chi connectivity index (χ3n) is 5.16. The van der Waals surface area contributed by atoms with Gasteiger partial charge in [0.15, 0.2) is 0 Å². The van der Waals surface area contributed by atoms with E-state index in [1.54, 1.807) is 6.07 Å². The highest BCUT2D eigenvalue weighted by Gasteiger charge is 2.40. The molecule has 0 aromatic heterocycles. The van der Waals surface area contributed by atoms with Gasteiger partial charge >= 0.3 is 0 Å². The van der Waals surface area contributed by atoms with Crippen molar-refractivity contribution in [2.75, 3.05) is 6.54 Å². The van der Waals surface area contributed by atoms with Crippen LogP contribution >= 0.6 is 15.9 Å². The Morgan fingerprint density at radius 3 is 2.75 bits per heavy atom. The van der Waals surface area contributed by atoms with E-state index in [2.05, 4.69) is 34.2 Å².